The minimum absolute atomic E-state index is 0.00615. The average molecular weight is 527 g/mol. The van der Waals surface area contributed by atoms with E-state index in [0.29, 0.717) is 18.4 Å². The van der Waals surface area contributed by atoms with Crippen molar-refractivity contribution >= 4 is 5.91 Å². The summed E-state index contributed by atoms with van der Waals surface area (Å²) in [7, 11) is 0. The predicted molar refractivity (Wildman–Crippen MR) is 116 cm³/mol. The molecule has 0 radical (unpaired) electrons. The molecule has 0 aromatic heterocycles. The summed E-state index contributed by atoms with van der Waals surface area (Å²) in [5.41, 5.74) is 3.58. The van der Waals surface area contributed by atoms with E-state index < -0.39 is 42.7 Å². The molecule has 0 bridgehead atoms. The van der Waals surface area contributed by atoms with E-state index in [1.807, 2.05) is 6.92 Å². The zero-order valence-electron chi connectivity index (χ0n) is 20.0. The minimum atomic E-state index is -4.43. The second kappa shape index (κ2) is 10.1. The van der Waals surface area contributed by atoms with Crippen molar-refractivity contribution in [2.24, 2.45) is 17.8 Å². The van der Waals surface area contributed by atoms with Crippen molar-refractivity contribution in [1.29, 1.82) is 0 Å². The number of hydrogen-bond donors (Lipinski definition) is 4. The molecule has 5 unspecified atom stereocenters. The molecule has 4 rings (SSSR count). The number of carbonyl (C=O) groups excluding carboxylic acids is 1. The number of allylic oxidation sites excluding steroid dienone is 1. The molecular formula is C23H32F6N4O3. The number of amides is 1. The van der Waals surface area contributed by atoms with Gasteiger partial charge in [0.25, 0.3) is 5.91 Å². The van der Waals surface area contributed by atoms with Crippen molar-refractivity contribution in [2.75, 3.05) is 6.61 Å². The van der Waals surface area contributed by atoms with E-state index in [1.54, 1.807) is 6.92 Å². The van der Waals surface area contributed by atoms with Crippen LogP contribution in [0.2, 0.25) is 0 Å². The quantitative estimate of drug-likeness (QED) is 0.325. The largest absolute Gasteiger partial charge is 0.408 e. The summed E-state index contributed by atoms with van der Waals surface area (Å²) in [5.74, 6) is -2.23. The van der Waals surface area contributed by atoms with Crippen LogP contribution in [0.15, 0.2) is 23.0 Å². The van der Waals surface area contributed by atoms with Gasteiger partial charge in [-0.05, 0) is 63.9 Å². The zero-order valence-corrected chi connectivity index (χ0v) is 20.0. The molecule has 0 aromatic carbocycles. The fraction of sp³-hybridized carbons (Fsp3) is 0.783. The minimum Gasteiger partial charge on any atom is -0.380 e. The highest BCUT2D eigenvalue weighted by atomic mass is 19.4. The molecule has 3 aliphatic heterocycles. The van der Waals surface area contributed by atoms with Crippen LogP contribution in [0, 0.1) is 17.8 Å². The smallest absolute Gasteiger partial charge is 0.380 e. The lowest BCUT2D eigenvalue weighted by atomic mass is 9.72. The van der Waals surface area contributed by atoms with Gasteiger partial charge < -0.3 is 20.5 Å². The Morgan fingerprint density at radius 3 is 2.31 bits per heavy atom. The summed E-state index contributed by atoms with van der Waals surface area (Å²) >= 11 is 0. The molecule has 36 heavy (non-hydrogen) atoms. The number of ether oxygens (including phenoxy) is 1. The Morgan fingerprint density at radius 1 is 1.11 bits per heavy atom. The third kappa shape index (κ3) is 5.19. The summed E-state index contributed by atoms with van der Waals surface area (Å²) in [5, 5.41) is 17.5. The highest BCUT2D eigenvalue weighted by molar-refractivity contribution is 5.96. The van der Waals surface area contributed by atoms with Crippen molar-refractivity contribution in [3.8, 4) is 0 Å². The Hall–Kier alpha value is -1.99. The zero-order chi connectivity index (χ0) is 26.4. The van der Waals surface area contributed by atoms with E-state index in [4.69, 9.17) is 4.74 Å². The Bertz CT molecular complexity index is 897. The maximum absolute atomic E-state index is 13.5. The normalized spacial score (nSPS) is 34.6. The SMILES string of the molecule is CCOC(O)C1=C(C2=CNC(C(F)(F)F)CC2)NC2C(C3CCC(C(F)(F)F)CC3)C(C)NN2C1=O. The Kier molecular flexibility index (Phi) is 7.55. The number of hydrogen-bond acceptors (Lipinski definition) is 6. The highest BCUT2D eigenvalue weighted by Crippen LogP contribution is 2.45. The molecule has 2 fully saturated rings. The van der Waals surface area contributed by atoms with Gasteiger partial charge in [0.2, 0.25) is 0 Å². The number of nitrogens with one attached hydrogen (secondary N) is 3. The van der Waals surface area contributed by atoms with Gasteiger partial charge in [-0.2, -0.15) is 26.3 Å². The van der Waals surface area contributed by atoms with Gasteiger partial charge in [0.15, 0.2) is 6.29 Å². The predicted octanol–water partition coefficient (Wildman–Crippen LogP) is 3.44. The van der Waals surface area contributed by atoms with Gasteiger partial charge in [-0.15, -0.1) is 0 Å². The standard InChI is InChI=1S/C23H32F6N4O3/c1-3-36-21(35)17-18(13-6-9-15(30-10-13)23(27,28)29)31-19-16(11(2)32-33(19)20(17)34)12-4-7-14(8-5-12)22(24,25)26/h10-12,14-16,19,21,30-32,35H,3-9H2,1-2H3. The number of rotatable bonds is 5. The number of halogens is 6. The van der Waals surface area contributed by atoms with Crippen LogP contribution in [-0.4, -0.2) is 59.5 Å². The number of alkyl halides is 6. The number of aliphatic hydroxyl groups excluding tert-OH is 1. The van der Waals surface area contributed by atoms with Crippen molar-refractivity contribution < 1.29 is 41.0 Å². The summed E-state index contributed by atoms with van der Waals surface area (Å²) in [6, 6.07) is -1.97. The molecule has 5 atom stereocenters. The number of hydrazine groups is 1. The molecule has 1 amide bonds. The molecule has 1 saturated heterocycles. The fourth-order valence-electron chi connectivity index (χ4n) is 5.98. The number of carbonyl (C=O) groups is 1. The highest BCUT2D eigenvalue weighted by Gasteiger charge is 2.52. The van der Waals surface area contributed by atoms with Crippen LogP contribution in [0.1, 0.15) is 52.4 Å². The lowest BCUT2D eigenvalue weighted by molar-refractivity contribution is -0.185. The van der Waals surface area contributed by atoms with Gasteiger partial charge >= 0.3 is 12.4 Å². The van der Waals surface area contributed by atoms with E-state index in [9.17, 15) is 36.2 Å². The number of aliphatic hydroxyl groups is 1. The third-order valence-electron chi connectivity index (χ3n) is 7.80. The first-order valence-electron chi connectivity index (χ1n) is 12.3. The van der Waals surface area contributed by atoms with E-state index in [2.05, 4.69) is 16.1 Å². The van der Waals surface area contributed by atoms with Crippen LogP contribution in [0.4, 0.5) is 26.3 Å². The van der Waals surface area contributed by atoms with Gasteiger partial charge in [0, 0.05) is 24.8 Å². The molecule has 1 saturated carbocycles. The number of fused-ring (bicyclic) bond motifs is 1. The molecular weight excluding hydrogens is 494 g/mol. The van der Waals surface area contributed by atoms with Gasteiger partial charge in [-0.25, -0.2) is 5.43 Å². The molecule has 3 heterocycles. The van der Waals surface area contributed by atoms with Crippen LogP contribution in [-0.2, 0) is 9.53 Å². The fourth-order valence-corrected chi connectivity index (χ4v) is 5.98. The van der Waals surface area contributed by atoms with Crippen LogP contribution < -0.4 is 16.1 Å². The van der Waals surface area contributed by atoms with E-state index in [0.717, 1.165) is 0 Å². The summed E-state index contributed by atoms with van der Waals surface area (Å²) in [6.07, 6.45) is -9.19. The maximum atomic E-state index is 13.5. The van der Waals surface area contributed by atoms with Gasteiger partial charge in [-0.3, -0.25) is 9.80 Å². The van der Waals surface area contributed by atoms with Gasteiger partial charge in [0.1, 0.15) is 12.2 Å². The topological polar surface area (TPSA) is 85.9 Å². The Balaban J connectivity index is 1.61. The number of nitrogens with zero attached hydrogens (tertiary/aromatic N) is 1. The average Bonchev–Trinajstić information content (AvgIpc) is 3.14. The lowest BCUT2D eigenvalue weighted by Gasteiger charge is -2.41. The molecule has 204 valence electrons. The second-order valence-corrected chi connectivity index (χ2v) is 9.98. The first-order valence-corrected chi connectivity index (χ1v) is 12.3. The first-order chi connectivity index (χ1) is 16.8. The van der Waals surface area contributed by atoms with E-state index >= 15 is 0 Å². The monoisotopic (exact) mass is 526 g/mol. The van der Waals surface area contributed by atoms with Crippen molar-refractivity contribution in [3.63, 3.8) is 0 Å². The Morgan fingerprint density at radius 2 is 1.78 bits per heavy atom. The molecule has 1 aliphatic carbocycles. The van der Waals surface area contributed by atoms with E-state index in [-0.39, 0.29) is 61.4 Å². The van der Waals surface area contributed by atoms with Crippen LogP contribution >= 0.6 is 0 Å². The summed E-state index contributed by atoms with van der Waals surface area (Å²) in [4.78, 5) is 13.5. The van der Waals surface area contributed by atoms with Gasteiger partial charge in [0.05, 0.1) is 17.2 Å². The first kappa shape index (κ1) is 27.1. The van der Waals surface area contributed by atoms with Crippen LogP contribution in [0.25, 0.3) is 0 Å². The van der Waals surface area contributed by atoms with Crippen LogP contribution in [0.5, 0.6) is 0 Å². The van der Waals surface area contributed by atoms with Gasteiger partial charge in [-0.1, -0.05) is 0 Å². The molecule has 0 spiro atoms. The maximum Gasteiger partial charge on any atom is 0.408 e. The van der Waals surface area contributed by atoms with Crippen molar-refractivity contribution in [3.05, 3.63) is 23.0 Å². The summed E-state index contributed by atoms with van der Waals surface area (Å²) < 4.78 is 84.2. The Labute approximate surface area is 205 Å². The van der Waals surface area contributed by atoms with Crippen molar-refractivity contribution in [2.45, 2.75) is 89.3 Å². The molecule has 7 nitrogen and oxygen atoms in total. The third-order valence-corrected chi connectivity index (χ3v) is 7.80. The van der Waals surface area contributed by atoms with E-state index in [1.165, 1.54) is 11.2 Å². The second-order valence-electron chi connectivity index (χ2n) is 9.98. The molecule has 4 aliphatic rings. The van der Waals surface area contributed by atoms with Crippen molar-refractivity contribution in [1.82, 2.24) is 21.1 Å². The van der Waals surface area contributed by atoms with Crippen LogP contribution in [0.3, 0.4) is 0 Å². The lowest BCUT2D eigenvalue weighted by Crippen LogP contribution is -2.58. The molecule has 13 heteroatoms. The molecule has 4 N–H and O–H groups in total. The molecule has 0 aromatic rings. The summed E-state index contributed by atoms with van der Waals surface area (Å²) in [6.45, 7) is 3.57.